The molecule has 0 fully saturated rings. The molecular weight excluding hydrogens is 324 g/mol. The summed E-state index contributed by atoms with van der Waals surface area (Å²) >= 11 is 1.59. The zero-order chi connectivity index (χ0) is 17.4. The number of carbonyl (C=O) groups is 2. The van der Waals surface area contributed by atoms with Crippen LogP contribution in [-0.2, 0) is 16.0 Å². The molecule has 0 spiro atoms. The van der Waals surface area contributed by atoms with E-state index >= 15 is 0 Å². The first-order valence-electron chi connectivity index (χ1n) is 7.62. The van der Waals surface area contributed by atoms with E-state index in [0.717, 1.165) is 11.3 Å². The van der Waals surface area contributed by atoms with Crippen LogP contribution in [0, 0.1) is 6.92 Å². The summed E-state index contributed by atoms with van der Waals surface area (Å²) < 4.78 is 5.35. The third kappa shape index (κ3) is 5.89. The smallest absolute Gasteiger partial charge is 0.276 e. The number of amides is 2. The molecule has 6 heteroatoms. The minimum atomic E-state index is -0.428. The fourth-order valence-corrected chi connectivity index (χ4v) is 2.66. The Bertz CT molecular complexity index is 720. The average Bonchev–Trinajstić information content (AvgIpc) is 3.02. The molecule has 1 aromatic heterocycles. The molecule has 2 rings (SSSR count). The van der Waals surface area contributed by atoms with Crippen molar-refractivity contribution in [3.8, 4) is 5.75 Å². The van der Waals surface area contributed by atoms with Gasteiger partial charge in [0.1, 0.15) is 5.75 Å². The first-order valence-corrected chi connectivity index (χ1v) is 8.43. The molecule has 0 aliphatic heterocycles. The van der Waals surface area contributed by atoms with E-state index in [1.165, 1.54) is 16.5 Å². The highest BCUT2D eigenvalue weighted by Gasteiger charge is 2.04. The predicted octanol–water partition coefficient (Wildman–Crippen LogP) is 2.86. The lowest BCUT2D eigenvalue weighted by Crippen LogP contribution is -2.43. The zero-order valence-electron chi connectivity index (χ0n) is 13.7. The Morgan fingerprint density at radius 2 is 1.88 bits per heavy atom. The van der Waals surface area contributed by atoms with E-state index in [9.17, 15) is 9.59 Å². The molecule has 126 valence electrons. The molecule has 0 radical (unpaired) electrons. The molecule has 24 heavy (non-hydrogen) atoms. The number of nitrogens with one attached hydrogen (secondary N) is 2. The van der Waals surface area contributed by atoms with Gasteiger partial charge < -0.3 is 4.74 Å². The van der Waals surface area contributed by atoms with Crippen molar-refractivity contribution in [2.24, 2.45) is 0 Å². The lowest BCUT2D eigenvalue weighted by molar-refractivity contribution is -0.128. The van der Waals surface area contributed by atoms with Crippen molar-refractivity contribution in [3.05, 3.63) is 57.8 Å². The molecule has 0 bridgehead atoms. The molecule has 1 aromatic carbocycles. The molecule has 0 atom stereocenters. The van der Waals surface area contributed by atoms with Crippen LogP contribution >= 0.6 is 11.3 Å². The Balaban J connectivity index is 1.70. The highest BCUT2D eigenvalue weighted by molar-refractivity contribution is 7.12. The first kappa shape index (κ1) is 17.7. The Hall–Kier alpha value is -2.60. The summed E-state index contributed by atoms with van der Waals surface area (Å²) in [5.74, 6) is -0.216. The van der Waals surface area contributed by atoms with E-state index < -0.39 is 11.8 Å². The monoisotopic (exact) mass is 344 g/mol. The van der Waals surface area contributed by atoms with Crippen molar-refractivity contribution in [1.29, 1.82) is 0 Å². The molecule has 1 heterocycles. The standard InChI is InChI=1S/C18H20N2O3S/c1-3-14-5-7-15(8-6-14)23-12-18(22)20-19-17(21)11-10-16-9-4-13(2)24-16/h4-11H,3,12H2,1-2H3,(H,19,21)(H,20,22)/b11-10+. The van der Waals surface area contributed by atoms with Crippen LogP contribution in [0.15, 0.2) is 42.5 Å². The van der Waals surface area contributed by atoms with Gasteiger partial charge in [0.15, 0.2) is 6.61 Å². The number of hydrogen-bond donors (Lipinski definition) is 2. The van der Waals surface area contributed by atoms with Gasteiger partial charge in [-0.05, 0) is 49.2 Å². The molecule has 2 amide bonds. The van der Waals surface area contributed by atoms with Crippen LogP contribution in [0.3, 0.4) is 0 Å². The number of hydrogen-bond acceptors (Lipinski definition) is 4. The van der Waals surface area contributed by atoms with E-state index in [-0.39, 0.29) is 6.61 Å². The van der Waals surface area contributed by atoms with Gasteiger partial charge in [-0.3, -0.25) is 20.4 Å². The van der Waals surface area contributed by atoms with E-state index in [0.29, 0.717) is 5.75 Å². The number of benzene rings is 1. The molecule has 0 saturated heterocycles. The van der Waals surface area contributed by atoms with Crippen molar-refractivity contribution >= 4 is 29.2 Å². The Morgan fingerprint density at radius 1 is 1.12 bits per heavy atom. The van der Waals surface area contributed by atoms with Gasteiger partial charge in [-0.2, -0.15) is 0 Å². The summed E-state index contributed by atoms with van der Waals surface area (Å²) in [4.78, 5) is 25.4. The van der Waals surface area contributed by atoms with Crippen molar-refractivity contribution in [2.75, 3.05) is 6.61 Å². The second kappa shape index (κ2) is 8.88. The highest BCUT2D eigenvalue weighted by Crippen LogP contribution is 2.16. The molecule has 2 N–H and O–H groups in total. The molecule has 0 unspecified atom stereocenters. The molecule has 0 aliphatic rings. The second-order valence-corrected chi connectivity index (χ2v) is 6.42. The summed E-state index contributed by atoms with van der Waals surface area (Å²) in [7, 11) is 0. The van der Waals surface area contributed by atoms with Crippen LogP contribution in [-0.4, -0.2) is 18.4 Å². The number of aryl methyl sites for hydroxylation is 2. The lowest BCUT2D eigenvalue weighted by Gasteiger charge is -2.08. The topological polar surface area (TPSA) is 67.4 Å². The fourth-order valence-electron chi connectivity index (χ4n) is 1.88. The van der Waals surface area contributed by atoms with Crippen molar-refractivity contribution in [2.45, 2.75) is 20.3 Å². The molecule has 0 aliphatic carbocycles. The first-order chi connectivity index (χ1) is 11.6. The van der Waals surface area contributed by atoms with Gasteiger partial charge in [-0.15, -0.1) is 11.3 Å². The van der Waals surface area contributed by atoms with Gasteiger partial charge >= 0.3 is 0 Å². The molecule has 2 aromatic rings. The van der Waals surface area contributed by atoms with Crippen LogP contribution in [0.1, 0.15) is 22.2 Å². The third-order valence-corrected chi connectivity index (χ3v) is 4.15. The van der Waals surface area contributed by atoms with Gasteiger partial charge in [-0.25, -0.2) is 0 Å². The van der Waals surface area contributed by atoms with Gasteiger partial charge in [0.2, 0.25) is 0 Å². The quantitative estimate of drug-likeness (QED) is 0.625. The second-order valence-electron chi connectivity index (χ2n) is 5.11. The number of rotatable bonds is 6. The van der Waals surface area contributed by atoms with Crippen LogP contribution in [0.5, 0.6) is 5.75 Å². The Kier molecular flexibility index (Phi) is 6.57. The zero-order valence-corrected chi connectivity index (χ0v) is 14.5. The molecule has 0 saturated carbocycles. The van der Waals surface area contributed by atoms with Gasteiger partial charge in [0.05, 0.1) is 0 Å². The van der Waals surface area contributed by atoms with Crippen molar-refractivity contribution in [3.63, 3.8) is 0 Å². The van der Waals surface area contributed by atoms with Gasteiger partial charge in [0, 0.05) is 15.8 Å². The number of thiophene rings is 1. The van der Waals surface area contributed by atoms with Gasteiger partial charge in [0.25, 0.3) is 11.8 Å². The van der Waals surface area contributed by atoms with E-state index in [2.05, 4.69) is 17.8 Å². The van der Waals surface area contributed by atoms with Crippen LogP contribution in [0.2, 0.25) is 0 Å². The minimum Gasteiger partial charge on any atom is -0.484 e. The highest BCUT2D eigenvalue weighted by atomic mass is 32.1. The Morgan fingerprint density at radius 3 is 2.50 bits per heavy atom. The van der Waals surface area contributed by atoms with Crippen molar-refractivity contribution < 1.29 is 14.3 Å². The maximum atomic E-state index is 11.6. The fraction of sp³-hybridized carbons (Fsp3) is 0.222. The summed E-state index contributed by atoms with van der Waals surface area (Å²) in [6.45, 7) is 3.90. The average molecular weight is 344 g/mol. The Labute approximate surface area is 145 Å². The third-order valence-electron chi connectivity index (χ3n) is 3.19. The van der Waals surface area contributed by atoms with E-state index in [4.69, 9.17) is 4.74 Å². The SMILES string of the molecule is CCc1ccc(OCC(=O)NNC(=O)/C=C/c2ccc(C)s2)cc1. The van der Waals surface area contributed by atoms with E-state index in [1.54, 1.807) is 17.4 Å². The predicted molar refractivity (Wildman–Crippen MR) is 95.7 cm³/mol. The molecule has 5 nitrogen and oxygen atoms in total. The summed E-state index contributed by atoms with van der Waals surface area (Å²) in [6.07, 6.45) is 4.02. The lowest BCUT2D eigenvalue weighted by atomic mass is 10.2. The summed E-state index contributed by atoms with van der Waals surface area (Å²) in [5.41, 5.74) is 5.82. The van der Waals surface area contributed by atoms with Crippen LogP contribution < -0.4 is 15.6 Å². The van der Waals surface area contributed by atoms with Crippen molar-refractivity contribution in [1.82, 2.24) is 10.9 Å². The van der Waals surface area contributed by atoms with Gasteiger partial charge in [-0.1, -0.05) is 19.1 Å². The van der Waals surface area contributed by atoms with Crippen LogP contribution in [0.4, 0.5) is 0 Å². The summed E-state index contributed by atoms with van der Waals surface area (Å²) in [6, 6.07) is 11.4. The largest absolute Gasteiger partial charge is 0.484 e. The van der Waals surface area contributed by atoms with E-state index in [1.807, 2.05) is 43.3 Å². The minimum absolute atomic E-state index is 0.167. The maximum Gasteiger partial charge on any atom is 0.276 e. The van der Waals surface area contributed by atoms with Crippen LogP contribution in [0.25, 0.3) is 6.08 Å². The normalized spacial score (nSPS) is 10.6. The summed E-state index contributed by atoms with van der Waals surface area (Å²) in [5, 5.41) is 0. The number of ether oxygens (including phenoxy) is 1. The number of carbonyl (C=O) groups excluding carboxylic acids is 2. The number of hydrazine groups is 1. The maximum absolute atomic E-state index is 11.6. The molecular formula is C18H20N2O3S.